The normalized spacial score (nSPS) is 11.4. The zero-order chi connectivity index (χ0) is 10.3. The van der Waals surface area contributed by atoms with Crippen LogP contribution in [0.4, 0.5) is 13.2 Å². The second-order valence-electron chi connectivity index (χ2n) is 2.64. The van der Waals surface area contributed by atoms with Crippen LogP contribution in [-0.4, -0.2) is 25.2 Å². The average molecular weight is 198 g/mol. The first kappa shape index (κ1) is 12.2. The topological polar surface area (TPSA) is 55.1 Å². The molecule has 3 N–H and O–H groups in total. The van der Waals surface area contributed by atoms with Crippen molar-refractivity contribution in [1.29, 1.82) is 0 Å². The lowest BCUT2D eigenvalue weighted by atomic mass is 10.2. The molecule has 0 aromatic rings. The predicted octanol–water partition coefficient (Wildman–Crippen LogP) is 0.794. The van der Waals surface area contributed by atoms with Gasteiger partial charge < -0.3 is 11.1 Å². The minimum atomic E-state index is -4.33. The Bertz CT molecular complexity index is 158. The first-order valence-electron chi connectivity index (χ1n) is 3.99. The Balaban J connectivity index is 3.41. The van der Waals surface area contributed by atoms with Gasteiger partial charge in [-0.2, -0.15) is 13.2 Å². The van der Waals surface area contributed by atoms with Gasteiger partial charge in [-0.05, 0) is 19.4 Å². The van der Waals surface area contributed by atoms with Crippen LogP contribution in [0.3, 0.4) is 0 Å². The van der Waals surface area contributed by atoms with Gasteiger partial charge in [-0.1, -0.05) is 0 Å². The largest absolute Gasteiger partial charge is 0.405 e. The predicted molar refractivity (Wildman–Crippen MR) is 42.0 cm³/mol. The van der Waals surface area contributed by atoms with Crippen LogP contribution < -0.4 is 11.1 Å². The molecule has 3 nitrogen and oxygen atoms in total. The lowest BCUT2D eigenvalue weighted by molar-refractivity contribution is -0.138. The van der Waals surface area contributed by atoms with Crippen molar-refractivity contribution < 1.29 is 18.0 Å². The van der Waals surface area contributed by atoms with Gasteiger partial charge in [0.25, 0.3) is 0 Å². The molecule has 0 saturated carbocycles. The second-order valence-corrected chi connectivity index (χ2v) is 2.64. The fourth-order valence-electron chi connectivity index (χ4n) is 0.717. The number of rotatable bonds is 5. The van der Waals surface area contributed by atoms with Gasteiger partial charge in [0.2, 0.25) is 5.91 Å². The Morgan fingerprint density at radius 2 is 1.92 bits per heavy atom. The summed E-state index contributed by atoms with van der Waals surface area (Å²) in [5.74, 6) is -0.578. The van der Waals surface area contributed by atoms with Crippen molar-refractivity contribution in [2.75, 3.05) is 13.1 Å². The zero-order valence-electron chi connectivity index (χ0n) is 7.16. The second kappa shape index (κ2) is 5.80. The van der Waals surface area contributed by atoms with Crippen LogP contribution in [0.1, 0.15) is 19.3 Å². The van der Waals surface area contributed by atoms with Gasteiger partial charge in [0.15, 0.2) is 0 Å². The highest BCUT2D eigenvalue weighted by atomic mass is 19.4. The van der Waals surface area contributed by atoms with Crippen LogP contribution in [-0.2, 0) is 4.79 Å². The van der Waals surface area contributed by atoms with Crippen molar-refractivity contribution in [3.8, 4) is 0 Å². The maximum absolute atomic E-state index is 11.6. The van der Waals surface area contributed by atoms with Crippen LogP contribution in [0.5, 0.6) is 0 Å². The Morgan fingerprint density at radius 3 is 2.38 bits per heavy atom. The molecule has 0 aliphatic carbocycles. The maximum Gasteiger partial charge on any atom is 0.405 e. The Hall–Kier alpha value is -0.780. The molecule has 0 aromatic heterocycles. The van der Waals surface area contributed by atoms with Gasteiger partial charge in [0.05, 0.1) is 0 Å². The number of nitrogens with two attached hydrogens (primary N) is 1. The fourth-order valence-corrected chi connectivity index (χ4v) is 0.717. The third-order valence-electron chi connectivity index (χ3n) is 1.34. The molecule has 0 aliphatic rings. The van der Waals surface area contributed by atoms with E-state index in [-0.39, 0.29) is 6.42 Å². The molecule has 0 fully saturated rings. The van der Waals surface area contributed by atoms with E-state index in [0.717, 1.165) is 0 Å². The smallest absolute Gasteiger partial charge is 0.347 e. The number of hydrogen-bond donors (Lipinski definition) is 2. The molecule has 0 atom stereocenters. The molecule has 13 heavy (non-hydrogen) atoms. The molecule has 0 bridgehead atoms. The number of carbonyl (C=O) groups excluding carboxylic acids is 1. The van der Waals surface area contributed by atoms with Crippen molar-refractivity contribution in [3.05, 3.63) is 0 Å². The molecule has 0 aromatic carbocycles. The zero-order valence-corrected chi connectivity index (χ0v) is 7.16. The molecule has 0 radical (unpaired) electrons. The van der Waals surface area contributed by atoms with Gasteiger partial charge in [0.1, 0.15) is 6.54 Å². The monoisotopic (exact) mass is 198 g/mol. The Kier molecular flexibility index (Phi) is 5.45. The van der Waals surface area contributed by atoms with Gasteiger partial charge in [-0.3, -0.25) is 4.79 Å². The summed E-state index contributed by atoms with van der Waals surface area (Å²) in [6.07, 6.45) is -3.05. The summed E-state index contributed by atoms with van der Waals surface area (Å²) in [6, 6.07) is 0. The summed E-state index contributed by atoms with van der Waals surface area (Å²) >= 11 is 0. The summed E-state index contributed by atoms with van der Waals surface area (Å²) in [4.78, 5) is 10.7. The van der Waals surface area contributed by atoms with Gasteiger partial charge in [-0.15, -0.1) is 0 Å². The molecule has 0 spiro atoms. The maximum atomic E-state index is 11.6. The minimum absolute atomic E-state index is 0.104. The average Bonchev–Trinajstić information content (AvgIpc) is 2.00. The first-order chi connectivity index (χ1) is 5.95. The first-order valence-corrected chi connectivity index (χ1v) is 3.99. The molecular weight excluding hydrogens is 185 g/mol. The highest BCUT2D eigenvalue weighted by Crippen LogP contribution is 2.12. The lowest BCUT2D eigenvalue weighted by Gasteiger charge is -2.07. The third kappa shape index (κ3) is 9.13. The number of alkyl halides is 3. The highest BCUT2D eigenvalue weighted by Gasteiger charge is 2.27. The Labute approximate surface area is 74.5 Å². The van der Waals surface area contributed by atoms with Crippen molar-refractivity contribution in [1.82, 2.24) is 5.32 Å². The van der Waals surface area contributed by atoms with Gasteiger partial charge >= 0.3 is 6.18 Å². The van der Waals surface area contributed by atoms with E-state index < -0.39 is 18.6 Å². The summed E-state index contributed by atoms with van der Waals surface area (Å²) in [5, 5.41) is 1.78. The number of halogens is 3. The van der Waals surface area contributed by atoms with E-state index in [0.29, 0.717) is 19.4 Å². The lowest BCUT2D eigenvalue weighted by Crippen LogP contribution is -2.33. The van der Waals surface area contributed by atoms with E-state index in [1.807, 2.05) is 0 Å². The number of nitrogens with one attached hydrogen (secondary N) is 1. The van der Waals surface area contributed by atoms with Crippen LogP contribution in [0.2, 0.25) is 0 Å². The SMILES string of the molecule is NCCCCC(=O)NCC(F)(F)F. The fraction of sp³-hybridized carbons (Fsp3) is 0.857. The van der Waals surface area contributed by atoms with Crippen molar-refractivity contribution in [3.63, 3.8) is 0 Å². The standard InChI is InChI=1S/C7H13F3N2O/c8-7(9,10)5-12-6(13)3-1-2-4-11/h1-5,11H2,(H,12,13). The molecule has 78 valence electrons. The van der Waals surface area contributed by atoms with Crippen molar-refractivity contribution in [2.24, 2.45) is 5.73 Å². The van der Waals surface area contributed by atoms with Crippen LogP contribution in [0.25, 0.3) is 0 Å². The molecule has 1 amide bonds. The number of unbranched alkanes of at least 4 members (excludes halogenated alkanes) is 1. The van der Waals surface area contributed by atoms with Crippen LogP contribution >= 0.6 is 0 Å². The van der Waals surface area contributed by atoms with E-state index in [1.165, 1.54) is 0 Å². The molecule has 0 aliphatic heterocycles. The molecule has 0 unspecified atom stereocenters. The molecule has 0 heterocycles. The molecular formula is C7H13F3N2O. The number of hydrogen-bond acceptors (Lipinski definition) is 2. The molecule has 0 saturated heterocycles. The highest BCUT2D eigenvalue weighted by molar-refractivity contribution is 5.75. The molecule has 6 heteroatoms. The number of amides is 1. The summed E-state index contributed by atoms with van der Waals surface area (Å²) in [5.41, 5.74) is 5.15. The van der Waals surface area contributed by atoms with Gasteiger partial charge in [-0.25, -0.2) is 0 Å². The minimum Gasteiger partial charge on any atom is -0.347 e. The summed E-state index contributed by atoms with van der Waals surface area (Å²) in [6.45, 7) is -0.805. The summed E-state index contributed by atoms with van der Waals surface area (Å²) in [7, 11) is 0. The van der Waals surface area contributed by atoms with Crippen molar-refractivity contribution >= 4 is 5.91 Å². The summed E-state index contributed by atoms with van der Waals surface area (Å²) < 4.78 is 34.7. The number of carbonyl (C=O) groups is 1. The quantitative estimate of drug-likeness (QED) is 0.642. The van der Waals surface area contributed by atoms with E-state index in [2.05, 4.69) is 0 Å². The van der Waals surface area contributed by atoms with Crippen LogP contribution in [0.15, 0.2) is 0 Å². The van der Waals surface area contributed by atoms with E-state index in [1.54, 1.807) is 5.32 Å². The van der Waals surface area contributed by atoms with E-state index >= 15 is 0 Å². The Morgan fingerprint density at radius 1 is 1.31 bits per heavy atom. The van der Waals surface area contributed by atoms with Gasteiger partial charge in [0, 0.05) is 6.42 Å². The van der Waals surface area contributed by atoms with Crippen LogP contribution in [0, 0.1) is 0 Å². The van der Waals surface area contributed by atoms with Crippen molar-refractivity contribution in [2.45, 2.75) is 25.4 Å². The van der Waals surface area contributed by atoms with E-state index in [9.17, 15) is 18.0 Å². The third-order valence-corrected chi connectivity index (χ3v) is 1.34. The van der Waals surface area contributed by atoms with E-state index in [4.69, 9.17) is 5.73 Å². The molecule has 0 rings (SSSR count).